The topological polar surface area (TPSA) is 165 Å². The number of esters is 4. The van der Waals surface area contributed by atoms with Crippen molar-refractivity contribution in [2.75, 3.05) is 20.3 Å². The van der Waals surface area contributed by atoms with Crippen molar-refractivity contribution < 1.29 is 52.4 Å². The summed E-state index contributed by atoms with van der Waals surface area (Å²) in [5.41, 5.74) is 0. The first kappa shape index (κ1) is 30.1. The minimum atomic E-state index is -1.27. The fourth-order valence-electron chi connectivity index (χ4n) is 3.54. The Morgan fingerprint density at radius 3 is 2.00 bits per heavy atom. The molecule has 13 heteroatoms. The molecular weight excluding hydrogens is 468 g/mol. The van der Waals surface area contributed by atoms with Crippen molar-refractivity contribution in [1.29, 1.82) is 0 Å². The van der Waals surface area contributed by atoms with E-state index in [4.69, 9.17) is 28.4 Å². The Bertz CT molecular complexity index is 758. The van der Waals surface area contributed by atoms with Gasteiger partial charge in [0.2, 0.25) is 0 Å². The highest BCUT2D eigenvalue weighted by Gasteiger charge is 2.51. The van der Waals surface area contributed by atoms with Gasteiger partial charge < -0.3 is 39.1 Å². The average molecular weight is 505 g/mol. The molecule has 1 saturated heterocycles. The number of amides is 2. The second-order valence-electron chi connectivity index (χ2n) is 8.31. The molecule has 0 aliphatic carbocycles. The number of nitrogens with one attached hydrogen (secondary N) is 2. The van der Waals surface area contributed by atoms with E-state index in [9.17, 15) is 24.0 Å². The zero-order valence-electron chi connectivity index (χ0n) is 21.2. The molecule has 1 aliphatic rings. The lowest BCUT2D eigenvalue weighted by Crippen LogP contribution is -2.67. The molecule has 0 bridgehead atoms. The predicted octanol–water partition coefficient (Wildman–Crippen LogP) is 0.430. The number of hydrogen-bond donors (Lipinski definition) is 2. The third-order valence-corrected chi connectivity index (χ3v) is 4.81. The van der Waals surface area contributed by atoms with Crippen molar-refractivity contribution in [3.63, 3.8) is 0 Å². The summed E-state index contributed by atoms with van der Waals surface area (Å²) in [4.78, 5) is 60.1. The Hall–Kier alpha value is -2.93. The van der Waals surface area contributed by atoms with Crippen LogP contribution in [-0.2, 0) is 47.6 Å². The Balaban J connectivity index is 3.21. The molecule has 2 amide bonds. The number of urea groups is 1. The molecule has 0 aromatic heterocycles. The molecule has 0 radical (unpaired) electrons. The highest BCUT2D eigenvalue weighted by atomic mass is 16.7. The molecule has 1 fully saturated rings. The van der Waals surface area contributed by atoms with Crippen LogP contribution in [0.25, 0.3) is 0 Å². The molecule has 6 atom stereocenters. The van der Waals surface area contributed by atoms with E-state index in [1.54, 1.807) is 6.92 Å². The van der Waals surface area contributed by atoms with E-state index in [0.29, 0.717) is 6.42 Å². The molecular formula is C22H36N2O11. The maximum Gasteiger partial charge on any atom is 0.328 e. The summed E-state index contributed by atoms with van der Waals surface area (Å²) in [5.74, 6) is -2.59. The van der Waals surface area contributed by atoms with E-state index in [2.05, 4.69) is 10.6 Å². The van der Waals surface area contributed by atoms with E-state index in [1.165, 1.54) is 14.0 Å². The molecule has 1 heterocycles. The summed E-state index contributed by atoms with van der Waals surface area (Å²) in [6.45, 7) is 8.69. The fourth-order valence-corrected chi connectivity index (χ4v) is 3.54. The maximum absolute atomic E-state index is 12.9. The lowest BCUT2D eigenvalue weighted by molar-refractivity contribution is -0.270. The number of ether oxygens (including phenoxy) is 6. The normalized spacial score (nSPS) is 24.6. The first-order valence-corrected chi connectivity index (χ1v) is 11.3. The van der Waals surface area contributed by atoms with Gasteiger partial charge in [0.1, 0.15) is 24.8 Å². The molecule has 0 saturated carbocycles. The summed E-state index contributed by atoms with van der Waals surface area (Å²) in [7, 11) is 1.29. The second kappa shape index (κ2) is 14.5. The molecule has 2 N–H and O–H groups in total. The second-order valence-corrected chi connectivity index (χ2v) is 8.31. The van der Waals surface area contributed by atoms with E-state index in [1.807, 2.05) is 13.8 Å². The van der Waals surface area contributed by atoms with E-state index >= 15 is 0 Å². The van der Waals surface area contributed by atoms with Crippen molar-refractivity contribution in [1.82, 2.24) is 10.6 Å². The zero-order chi connectivity index (χ0) is 26.7. The third kappa shape index (κ3) is 10.1. The summed E-state index contributed by atoms with van der Waals surface area (Å²) < 4.78 is 31.9. The molecule has 200 valence electrons. The maximum atomic E-state index is 12.9. The van der Waals surface area contributed by atoms with Crippen LogP contribution in [0.1, 0.15) is 48.0 Å². The molecule has 1 aliphatic heterocycles. The monoisotopic (exact) mass is 504 g/mol. The van der Waals surface area contributed by atoms with Gasteiger partial charge >= 0.3 is 29.9 Å². The van der Waals surface area contributed by atoms with Gasteiger partial charge in [0.25, 0.3) is 0 Å². The first-order chi connectivity index (χ1) is 16.4. The van der Waals surface area contributed by atoms with Gasteiger partial charge in [-0.1, -0.05) is 13.8 Å². The van der Waals surface area contributed by atoms with Crippen molar-refractivity contribution in [3.8, 4) is 0 Å². The lowest BCUT2D eigenvalue weighted by atomic mass is 9.96. The summed E-state index contributed by atoms with van der Waals surface area (Å²) in [6, 6.07) is -2.89. The Morgan fingerprint density at radius 1 is 0.914 bits per heavy atom. The van der Waals surface area contributed by atoms with Crippen molar-refractivity contribution >= 4 is 29.9 Å². The van der Waals surface area contributed by atoms with E-state index in [0.717, 1.165) is 13.8 Å². The zero-order valence-corrected chi connectivity index (χ0v) is 21.2. The number of rotatable bonds is 11. The van der Waals surface area contributed by atoms with E-state index < -0.39 is 66.6 Å². The number of hydrogen-bond acceptors (Lipinski definition) is 11. The van der Waals surface area contributed by atoms with Gasteiger partial charge in [-0.3, -0.25) is 14.4 Å². The van der Waals surface area contributed by atoms with Crippen molar-refractivity contribution in [2.24, 2.45) is 5.92 Å². The SMILES string of the molecule is CCOC(=O)[C@H](CC(C)C)NC(=O)N[C@H]1[C@H](OC)O[C@H](COC(C)=O)[C@@H](OC(C)=O)[C@@H]1OC(C)=O. The van der Waals surface area contributed by atoms with Crippen molar-refractivity contribution in [2.45, 2.75) is 84.6 Å². The first-order valence-electron chi connectivity index (χ1n) is 11.3. The minimum absolute atomic E-state index is 0.0682. The highest BCUT2D eigenvalue weighted by Crippen LogP contribution is 2.27. The molecule has 0 aromatic rings. The molecule has 0 unspecified atom stereocenters. The van der Waals surface area contributed by atoms with Crippen LogP contribution in [0.5, 0.6) is 0 Å². The van der Waals surface area contributed by atoms with Gasteiger partial charge in [0.05, 0.1) is 6.61 Å². The fraction of sp³-hybridized carbons (Fsp3) is 0.773. The smallest absolute Gasteiger partial charge is 0.328 e. The van der Waals surface area contributed by atoms with Crippen LogP contribution >= 0.6 is 0 Å². The minimum Gasteiger partial charge on any atom is -0.464 e. The molecule has 0 spiro atoms. The van der Waals surface area contributed by atoms with Crippen LogP contribution in [-0.4, -0.2) is 86.9 Å². The molecule has 0 aromatic carbocycles. The van der Waals surface area contributed by atoms with Gasteiger partial charge in [-0.05, 0) is 19.3 Å². The van der Waals surface area contributed by atoms with Crippen LogP contribution in [0.3, 0.4) is 0 Å². The van der Waals surface area contributed by atoms with Gasteiger partial charge in [-0.2, -0.15) is 0 Å². The quantitative estimate of drug-likeness (QED) is 0.296. The highest BCUT2D eigenvalue weighted by molar-refractivity contribution is 5.83. The molecule has 1 rings (SSSR count). The number of carbonyl (C=O) groups excluding carboxylic acids is 5. The van der Waals surface area contributed by atoms with Crippen LogP contribution in [0.2, 0.25) is 0 Å². The Kier molecular flexibility index (Phi) is 12.4. The summed E-state index contributed by atoms with van der Waals surface area (Å²) in [5, 5.41) is 5.13. The Morgan fingerprint density at radius 2 is 1.51 bits per heavy atom. The Labute approximate surface area is 204 Å². The predicted molar refractivity (Wildman–Crippen MR) is 119 cm³/mol. The van der Waals surface area contributed by atoms with Crippen LogP contribution in [0.4, 0.5) is 4.79 Å². The average Bonchev–Trinajstić information content (AvgIpc) is 2.73. The van der Waals surface area contributed by atoms with Gasteiger partial charge in [-0.15, -0.1) is 0 Å². The van der Waals surface area contributed by atoms with Crippen LogP contribution < -0.4 is 10.6 Å². The third-order valence-electron chi connectivity index (χ3n) is 4.81. The van der Waals surface area contributed by atoms with Crippen LogP contribution in [0.15, 0.2) is 0 Å². The van der Waals surface area contributed by atoms with Crippen LogP contribution in [0, 0.1) is 5.92 Å². The molecule has 35 heavy (non-hydrogen) atoms. The standard InChI is InChI=1S/C22H36N2O11/c1-8-31-20(28)15(9-11(2)3)23-22(29)24-17-19(34-14(6)27)18(33-13(5)26)16(10-32-12(4)25)35-21(17)30-7/h11,15-19,21H,8-10H2,1-7H3,(H2,23,24,29)/t15-,16+,17+,18+,19+,21+/m0/s1. The summed E-state index contributed by atoms with van der Waals surface area (Å²) in [6.07, 6.45) is -4.46. The van der Waals surface area contributed by atoms with Gasteiger partial charge in [0, 0.05) is 27.9 Å². The van der Waals surface area contributed by atoms with Gasteiger partial charge in [0.15, 0.2) is 18.5 Å². The largest absolute Gasteiger partial charge is 0.464 e. The number of carbonyl (C=O) groups is 5. The van der Waals surface area contributed by atoms with E-state index in [-0.39, 0.29) is 19.1 Å². The lowest BCUT2D eigenvalue weighted by Gasteiger charge is -2.44. The van der Waals surface area contributed by atoms with Gasteiger partial charge in [-0.25, -0.2) is 9.59 Å². The molecule has 13 nitrogen and oxygen atoms in total. The number of methoxy groups -OCH3 is 1. The van der Waals surface area contributed by atoms with Crippen molar-refractivity contribution in [3.05, 3.63) is 0 Å². The summed E-state index contributed by atoms with van der Waals surface area (Å²) >= 11 is 0.